The minimum absolute atomic E-state index is 0.0484. The largest absolute Gasteiger partial charge is 0.481 e. The van der Waals surface area contributed by atoms with E-state index in [1.165, 1.54) is 0 Å². The van der Waals surface area contributed by atoms with Crippen LogP contribution in [0.3, 0.4) is 0 Å². The molecule has 0 aliphatic heterocycles. The fraction of sp³-hybridized carbons (Fsp3) is 0.667. The van der Waals surface area contributed by atoms with Crippen molar-refractivity contribution in [3.05, 3.63) is 12.7 Å². The van der Waals surface area contributed by atoms with Crippen molar-refractivity contribution in [2.45, 2.75) is 32.6 Å². The predicted molar refractivity (Wildman–Crippen MR) is 57.5 cm³/mol. The molecule has 3 atom stereocenters. The molecule has 1 rings (SSSR count). The summed E-state index contributed by atoms with van der Waals surface area (Å²) >= 11 is 0. The first kappa shape index (κ1) is 12.0. The number of carboxylic acids is 1. The zero-order chi connectivity index (χ0) is 11.4. The van der Waals surface area contributed by atoms with Gasteiger partial charge in [-0.05, 0) is 25.2 Å². The maximum Gasteiger partial charge on any atom is 0.307 e. The Balaban J connectivity index is 2.89. The van der Waals surface area contributed by atoms with Crippen LogP contribution in [0, 0.1) is 17.8 Å². The first-order valence-electron chi connectivity index (χ1n) is 5.49. The SMILES string of the molecule is C=C[C@@H]1CCCC(=O)[C@@H]1C(CC)C(=O)O. The molecule has 0 saturated heterocycles. The number of rotatable bonds is 4. The quantitative estimate of drug-likeness (QED) is 0.724. The van der Waals surface area contributed by atoms with Gasteiger partial charge >= 0.3 is 5.97 Å². The average Bonchev–Trinajstić information content (AvgIpc) is 2.21. The molecule has 0 bridgehead atoms. The van der Waals surface area contributed by atoms with Crippen LogP contribution < -0.4 is 0 Å². The summed E-state index contributed by atoms with van der Waals surface area (Å²) in [7, 11) is 0. The Hall–Kier alpha value is -1.12. The van der Waals surface area contributed by atoms with E-state index in [-0.39, 0.29) is 17.6 Å². The van der Waals surface area contributed by atoms with E-state index in [1.807, 2.05) is 6.92 Å². The number of hydrogen-bond donors (Lipinski definition) is 1. The van der Waals surface area contributed by atoms with E-state index in [0.29, 0.717) is 12.8 Å². The van der Waals surface area contributed by atoms with Gasteiger partial charge in [0.25, 0.3) is 0 Å². The van der Waals surface area contributed by atoms with Crippen LogP contribution in [0.4, 0.5) is 0 Å². The Morgan fingerprint density at radius 1 is 1.73 bits per heavy atom. The lowest BCUT2D eigenvalue weighted by Crippen LogP contribution is -2.37. The molecule has 0 aromatic rings. The van der Waals surface area contributed by atoms with E-state index in [1.54, 1.807) is 6.08 Å². The second-order valence-electron chi connectivity index (χ2n) is 4.14. The number of allylic oxidation sites excluding steroid dienone is 1. The van der Waals surface area contributed by atoms with Crippen LogP contribution >= 0.6 is 0 Å². The molecule has 1 aliphatic carbocycles. The van der Waals surface area contributed by atoms with Crippen molar-refractivity contribution in [3.63, 3.8) is 0 Å². The lowest BCUT2D eigenvalue weighted by atomic mass is 9.71. The van der Waals surface area contributed by atoms with Gasteiger partial charge in [-0.1, -0.05) is 13.0 Å². The number of aliphatic carboxylic acids is 1. The van der Waals surface area contributed by atoms with Gasteiger partial charge in [0.15, 0.2) is 0 Å². The van der Waals surface area contributed by atoms with E-state index in [4.69, 9.17) is 5.11 Å². The van der Waals surface area contributed by atoms with Crippen molar-refractivity contribution >= 4 is 11.8 Å². The van der Waals surface area contributed by atoms with Crippen LogP contribution in [0.25, 0.3) is 0 Å². The van der Waals surface area contributed by atoms with Crippen molar-refractivity contribution < 1.29 is 14.7 Å². The Morgan fingerprint density at radius 2 is 2.40 bits per heavy atom. The van der Waals surface area contributed by atoms with Gasteiger partial charge in [0.05, 0.1) is 5.92 Å². The summed E-state index contributed by atoms with van der Waals surface area (Å²) in [6, 6.07) is 0. The number of Topliss-reactive ketones (excluding diaryl/α,β-unsaturated/α-hetero) is 1. The number of ketones is 1. The van der Waals surface area contributed by atoms with Crippen LogP contribution in [0.1, 0.15) is 32.6 Å². The summed E-state index contributed by atoms with van der Waals surface area (Å²) in [6.45, 7) is 5.52. The van der Waals surface area contributed by atoms with Gasteiger partial charge in [-0.2, -0.15) is 0 Å². The standard InChI is InChI=1S/C12H18O3/c1-3-8-6-5-7-10(13)11(8)9(4-2)12(14)15/h3,8-9,11H,1,4-7H2,2H3,(H,14,15)/t8-,9?,11+/m1/s1. The lowest BCUT2D eigenvalue weighted by molar-refractivity contribution is -0.148. The van der Waals surface area contributed by atoms with Crippen LogP contribution in [-0.4, -0.2) is 16.9 Å². The second kappa shape index (κ2) is 5.10. The molecule has 1 N–H and O–H groups in total. The summed E-state index contributed by atoms with van der Waals surface area (Å²) in [6.07, 6.45) is 4.54. The highest BCUT2D eigenvalue weighted by Gasteiger charge is 2.38. The molecule has 84 valence electrons. The Bertz CT molecular complexity index is 270. The smallest absolute Gasteiger partial charge is 0.307 e. The minimum Gasteiger partial charge on any atom is -0.481 e. The van der Waals surface area contributed by atoms with Gasteiger partial charge in [-0.25, -0.2) is 0 Å². The summed E-state index contributed by atoms with van der Waals surface area (Å²) in [5, 5.41) is 9.07. The van der Waals surface area contributed by atoms with Gasteiger partial charge in [-0.3, -0.25) is 9.59 Å². The maximum atomic E-state index is 11.8. The average molecular weight is 210 g/mol. The van der Waals surface area contributed by atoms with Crippen molar-refractivity contribution in [2.24, 2.45) is 17.8 Å². The molecule has 0 heterocycles. The summed E-state index contributed by atoms with van der Waals surface area (Å²) < 4.78 is 0. The maximum absolute atomic E-state index is 11.8. The Morgan fingerprint density at radius 3 is 2.87 bits per heavy atom. The first-order valence-corrected chi connectivity index (χ1v) is 5.49. The molecule has 1 unspecified atom stereocenters. The molecule has 1 aliphatic rings. The fourth-order valence-corrected chi connectivity index (χ4v) is 2.47. The molecule has 0 aromatic heterocycles. The monoisotopic (exact) mass is 210 g/mol. The summed E-state index contributed by atoms with van der Waals surface area (Å²) in [4.78, 5) is 22.8. The van der Waals surface area contributed by atoms with Gasteiger partial charge in [0.2, 0.25) is 0 Å². The summed E-state index contributed by atoms with van der Waals surface area (Å²) in [5.41, 5.74) is 0. The van der Waals surface area contributed by atoms with Gasteiger partial charge in [0.1, 0.15) is 5.78 Å². The topological polar surface area (TPSA) is 54.4 Å². The molecular formula is C12H18O3. The third-order valence-corrected chi connectivity index (χ3v) is 3.29. The molecule has 0 spiro atoms. The van der Waals surface area contributed by atoms with Crippen LogP contribution in [0.5, 0.6) is 0 Å². The molecule has 15 heavy (non-hydrogen) atoms. The molecule has 0 amide bonds. The van der Waals surface area contributed by atoms with Crippen molar-refractivity contribution in [2.75, 3.05) is 0 Å². The Kier molecular flexibility index (Phi) is 4.06. The van der Waals surface area contributed by atoms with Gasteiger partial charge in [0, 0.05) is 12.3 Å². The van der Waals surface area contributed by atoms with E-state index < -0.39 is 11.9 Å². The molecular weight excluding hydrogens is 192 g/mol. The minimum atomic E-state index is -0.857. The number of hydrogen-bond acceptors (Lipinski definition) is 2. The van der Waals surface area contributed by atoms with Crippen LogP contribution in [0.2, 0.25) is 0 Å². The molecule has 3 heteroatoms. The van der Waals surface area contributed by atoms with Crippen molar-refractivity contribution in [1.82, 2.24) is 0 Å². The Labute approximate surface area is 90.2 Å². The third kappa shape index (κ3) is 2.46. The van der Waals surface area contributed by atoms with Gasteiger partial charge in [-0.15, -0.1) is 6.58 Å². The number of carboxylic acid groups (broad SMARTS) is 1. The second-order valence-corrected chi connectivity index (χ2v) is 4.14. The normalized spacial score (nSPS) is 28.5. The third-order valence-electron chi connectivity index (χ3n) is 3.29. The molecule has 1 fully saturated rings. The number of carbonyl (C=O) groups is 2. The zero-order valence-electron chi connectivity index (χ0n) is 9.11. The van der Waals surface area contributed by atoms with E-state index >= 15 is 0 Å². The highest BCUT2D eigenvalue weighted by atomic mass is 16.4. The first-order chi connectivity index (χ1) is 7.11. The van der Waals surface area contributed by atoms with Crippen molar-refractivity contribution in [3.8, 4) is 0 Å². The predicted octanol–water partition coefficient (Wildman–Crippen LogP) is 2.27. The number of carbonyl (C=O) groups excluding carboxylic acids is 1. The fourth-order valence-electron chi connectivity index (χ4n) is 2.47. The van der Waals surface area contributed by atoms with Gasteiger partial charge < -0.3 is 5.11 Å². The van der Waals surface area contributed by atoms with Crippen LogP contribution in [-0.2, 0) is 9.59 Å². The highest BCUT2D eigenvalue weighted by Crippen LogP contribution is 2.35. The van der Waals surface area contributed by atoms with Crippen molar-refractivity contribution in [1.29, 1.82) is 0 Å². The summed E-state index contributed by atoms with van der Waals surface area (Å²) in [5.74, 6) is -1.60. The molecule has 0 aromatic carbocycles. The molecule has 3 nitrogen and oxygen atoms in total. The lowest BCUT2D eigenvalue weighted by Gasteiger charge is -2.31. The molecule has 1 saturated carbocycles. The highest BCUT2D eigenvalue weighted by molar-refractivity contribution is 5.87. The van der Waals surface area contributed by atoms with E-state index in [9.17, 15) is 9.59 Å². The van der Waals surface area contributed by atoms with E-state index in [2.05, 4.69) is 6.58 Å². The zero-order valence-corrected chi connectivity index (χ0v) is 9.11. The molecule has 0 radical (unpaired) electrons. The van der Waals surface area contributed by atoms with E-state index in [0.717, 1.165) is 12.8 Å². The van der Waals surface area contributed by atoms with Crippen LogP contribution in [0.15, 0.2) is 12.7 Å².